The van der Waals surface area contributed by atoms with Crippen molar-refractivity contribution in [3.63, 3.8) is 0 Å². The highest BCUT2D eigenvalue weighted by atomic mass is 79.9. The average molecular weight is 297 g/mol. The highest BCUT2D eigenvalue weighted by Gasteiger charge is 2.13. The van der Waals surface area contributed by atoms with Crippen molar-refractivity contribution in [3.8, 4) is 0 Å². The summed E-state index contributed by atoms with van der Waals surface area (Å²) in [5.74, 6) is -0.576. The summed E-state index contributed by atoms with van der Waals surface area (Å²) in [4.78, 5) is 12.0. The number of ketones is 1. The van der Waals surface area contributed by atoms with Crippen LogP contribution in [0.4, 0.5) is 4.39 Å². The molecule has 0 fully saturated rings. The van der Waals surface area contributed by atoms with Gasteiger partial charge >= 0.3 is 0 Å². The molecule has 0 amide bonds. The second-order valence-electron chi connectivity index (χ2n) is 3.70. The molecule has 0 N–H and O–H groups in total. The summed E-state index contributed by atoms with van der Waals surface area (Å²) in [6.45, 7) is 0. The highest BCUT2D eigenvalue weighted by Crippen LogP contribution is 2.19. The van der Waals surface area contributed by atoms with Crippen LogP contribution in [-0.2, 0) is 13.5 Å². The Labute approximate surface area is 106 Å². The summed E-state index contributed by atoms with van der Waals surface area (Å²) in [5.41, 5.74) is 1.02. The van der Waals surface area contributed by atoms with Crippen LogP contribution in [0.15, 0.2) is 34.9 Å². The van der Waals surface area contributed by atoms with E-state index in [1.165, 1.54) is 18.2 Å². The van der Waals surface area contributed by atoms with Gasteiger partial charge in [-0.15, -0.1) is 0 Å². The Morgan fingerprint density at radius 3 is 2.88 bits per heavy atom. The molecule has 0 saturated carbocycles. The molecule has 2 aromatic rings. The van der Waals surface area contributed by atoms with Crippen molar-refractivity contribution < 1.29 is 9.18 Å². The van der Waals surface area contributed by atoms with Gasteiger partial charge in [0.25, 0.3) is 0 Å². The number of carbonyl (C=O) groups excluding carboxylic acids is 1. The van der Waals surface area contributed by atoms with Gasteiger partial charge in [-0.25, -0.2) is 4.39 Å². The molecule has 0 spiro atoms. The molecular formula is C12H10BrFN2O. The molecule has 1 aromatic heterocycles. The van der Waals surface area contributed by atoms with Crippen LogP contribution >= 0.6 is 15.9 Å². The number of Topliss-reactive ketones (excluding diaryl/α,β-unsaturated/α-hetero) is 1. The van der Waals surface area contributed by atoms with Gasteiger partial charge in [0.05, 0.1) is 12.1 Å². The molecule has 2 rings (SSSR count). The number of carbonyl (C=O) groups is 1. The van der Waals surface area contributed by atoms with Gasteiger partial charge < -0.3 is 0 Å². The topological polar surface area (TPSA) is 34.9 Å². The Balaban J connectivity index is 2.22. The van der Waals surface area contributed by atoms with E-state index < -0.39 is 5.82 Å². The summed E-state index contributed by atoms with van der Waals surface area (Å²) in [7, 11) is 1.78. The highest BCUT2D eigenvalue weighted by molar-refractivity contribution is 9.10. The van der Waals surface area contributed by atoms with Crippen LogP contribution in [0.25, 0.3) is 0 Å². The van der Waals surface area contributed by atoms with E-state index in [1.807, 2.05) is 0 Å². The fourth-order valence-electron chi connectivity index (χ4n) is 1.53. The lowest BCUT2D eigenvalue weighted by Crippen LogP contribution is -2.06. The van der Waals surface area contributed by atoms with Crippen molar-refractivity contribution >= 4 is 21.7 Å². The fraction of sp³-hybridized carbons (Fsp3) is 0.167. The standard InChI is InChI=1S/C12H10BrFN2O/c1-16-5-4-9(15-16)7-12(17)10-6-8(14)2-3-11(10)13/h2-6H,7H2,1H3. The zero-order valence-corrected chi connectivity index (χ0v) is 10.7. The molecule has 0 aliphatic carbocycles. The Kier molecular flexibility index (Phi) is 3.38. The maximum absolute atomic E-state index is 13.1. The third kappa shape index (κ3) is 2.79. The molecule has 17 heavy (non-hydrogen) atoms. The van der Waals surface area contributed by atoms with E-state index in [1.54, 1.807) is 24.0 Å². The smallest absolute Gasteiger partial charge is 0.170 e. The lowest BCUT2D eigenvalue weighted by molar-refractivity contribution is 0.0990. The van der Waals surface area contributed by atoms with Crippen molar-refractivity contribution in [1.29, 1.82) is 0 Å². The third-order valence-corrected chi connectivity index (χ3v) is 3.03. The normalized spacial score (nSPS) is 10.5. The van der Waals surface area contributed by atoms with Crippen LogP contribution in [0, 0.1) is 5.82 Å². The van der Waals surface area contributed by atoms with E-state index in [-0.39, 0.29) is 12.2 Å². The average Bonchev–Trinajstić information content (AvgIpc) is 2.67. The predicted octanol–water partition coefficient (Wildman–Crippen LogP) is 2.75. The first-order valence-corrected chi connectivity index (χ1v) is 5.82. The number of halogens is 2. The minimum absolute atomic E-state index is 0.157. The maximum Gasteiger partial charge on any atom is 0.170 e. The number of hydrogen-bond acceptors (Lipinski definition) is 2. The minimum atomic E-state index is -0.419. The van der Waals surface area contributed by atoms with E-state index in [0.29, 0.717) is 15.7 Å². The number of nitrogens with zero attached hydrogens (tertiary/aromatic N) is 2. The summed E-state index contributed by atoms with van der Waals surface area (Å²) in [5, 5.41) is 4.12. The van der Waals surface area contributed by atoms with Gasteiger partial charge in [0.1, 0.15) is 5.82 Å². The zero-order chi connectivity index (χ0) is 12.4. The largest absolute Gasteiger partial charge is 0.294 e. The Morgan fingerprint density at radius 1 is 1.47 bits per heavy atom. The lowest BCUT2D eigenvalue weighted by atomic mass is 10.1. The molecule has 1 heterocycles. The molecule has 0 bridgehead atoms. The van der Waals surface area contributed by atoms with Gasteiger partial charge in [-0.3, -0.25) is 9.48 Å². The molecule has 0 radical (unpaired) electrons. The molecule has 0 unspecified atom stereocenters. The Bertz CT molecular complexity index is 565. The number of hydrogen-bond donors (Lipinski definition) is 0. The lowest BCUT2D eigenvalue weighted by Gasteiger charge is -2.02. The van der Waals surface area contributed by atoms with E-state index in [4.69, 9.17) is 0 Å². The molecule has 3 nitrogen and oxygen atoms in total. The SMILES string of the molecule is Cn1ccc(CC(=O)c2cc(F)ccc2Br)n1. The van der Waals surface area contributed by atoms with E-state index in [0.717, 1.165) is 0 Å². The van der Waals surface area contributed by atoms with E-state index in [2.05, 4.69) is 21.0 Å². The van der Waals surface area contributed by atoms with Crippen molar-refractivity contribution in [2.45, 2.75) is 6.42 Å². The Morgan fingerprint density at radius 2 is 2.24 bits per heavy atom. The van der Waals surface area contributed by atoms with Gasteiger partial charge in [0.15, 0.2) is 5.78 Å². The first kappa shape index (κ1) is 12.0. The van der Waals surface area contributed by atoms with Gasteiger partial charge in [-0.2, -0.15) is 5.10 Å². The molecule has 5 heteroatoms. The number of aromatic nitrogens is 2. The van der Waals surface area contributed by atoms with Crippen LogP contribution in [0.1, 0.15) is 16.1 Å². The van der Waals surface area contributed by atoms with E-state index >= 15 is 0 Å². The van der Waals surface area contributed by atoms with Crippen molar-refractivity contribution in [2.24, 2.45) is 7.05 Å². The summed E-state index contributed by atoms with van der Waals surface area (Å²) >= 11 is 3.24. The van der Waals surface area contributed by atoms with Gasteiger partial charge in [0.2, 0.25) is 0 Å². The maximum atomic E-state index is 13.1. The number of rotatable bonds is 3. The van der Waals surface area contributed by atoms with Crippen LogP contribution in [-0.4, -0.2) is 15.6 Å². The van der Waals surface area contributed by atoms with E-state index in [9.17, 15) is 9.18 Å². The number of benzene rings is 1. The summed E-state index contributed by atoms with van der Waals surface area (Å²) < 4.78 is 15.3. The van der Waals surface area contributed by atoms with Gasteiger partial charge in [-0.1, -0.05) is 15.9 Å². The molecule has 1 aromatic carbocycles. The van der Waals surface area contributed by atoms with Crippen LogP contribution in [0.2, 0.25) is 0 Å². The molecule has 0 aliphatic heterocycles. The van der Waals surface area contributed by atoms with Crippen molar-refractivity contribution in [1.82, 2.24) is 9.78 Å². The predicted molar refractivity (Wildman–Crippen MR) is 65.3 cm³/mol. The van der Waals surface area contributed by atoms with Gasteiger partial charge in [-0.05, 0) is 24.3 Å². The summed E-state index contributed by atoms with van der Waals surface area (Å²) in [6.07, 6.45) is 1.94. The number of aryl methyl sites for hydroxylation is 1. The van der Waals surface area contributed by atoms with Crippen LogP contribution in [0.3, 0.4) is 0 Å². The molecule has 0 saturated heterocycles. The molecule has 88 valence electrons. The van der Waals surface area contributed by atoms with Crippen molar-refractivity contribution in [3.05, 3.63) is 52.0 Å². The third-order valence-electron chi connectivity index (χ3n) is 2.34. The molecule has 0 aliphatic rings. The van der Waals surface area contributed by atoms with Crippen LogP contribution < -0.4 is 0 Å². The molecular weight excluding hydrogens is 287 g/mol. The Hall–Kier alpha value is -1.49. The monoisotopic (exact) mass is 296 g/mol. The van der Waals surface area contributed by atoms with Crippen molar-refractivity contribution in [2.75, 3.05) is 0 Å². The first-order valence-electron chi connectivity index (χ1n) is 5.03. The second kappa shape index (κ2) is 4.79. The summed E-state index contributed by atoms with van der Waals surface area (Å²) in [6, 6.07) is 5.84. The first-order chi connectivity index (χ1) is 8.06. The second-order valence-corrected chi connectivity index (χ2v) is 4.56. The quantitative estimate of drug-likeness (QED) is 0.817. The minimum Gasteiger partial charge on any atom is -0.294 e. The van der Waals surface area contributed by atoms with Gasteiger partial charge in [0, 0.05) is 23.3 Å². The fourth-order valence-corrected chi connectivity index (χ4v) is 2.00. The zero-order valence-electron chi connectivity index (χ0n) is 9.15. The molecule has 0 atom stereocenters. The van der Waals surface area contributed by atoms with Crippen LogP contribution in [0.5, 0.6) is 0 Å².